The number of nitrogens with one attached hydrogen (secondary N) is 1. The fourth-order valence-electron chi connectivity index (χ4n) is 2.36. The Kier molecular flexibility index (Phi) is 5.70. The zero-order valence-electron chi connectivity index (χ0n) is 11.5. The minimum absolute atomic E-state index is 0.0567. The Bertz CT molecular complexity index is 462. The second-order valence-corrected chi connectivity index (χ2v) is 5.55. The van der Waals surface area contributed by atoms with Gasteiger partial charge in [0.15, 0.2) is 0 Å². The summed E-state index contributed by atoms with van der Waals surface area (Å²) in [5.41, 5.74) is -0.869. The predicted octanol–water partition coefficient (Wildman–Crippen LogP) is 4.05. The van der Waals surface area contributed by atoms with Gasteiger partial charge in [-0.2, -0.15) is 13.2 Å². The normalized spacial score (nSPS) is 19.5. The van der Waals surface area contributed by atoms with Gasteiger partial charge in [0, 0.05) is 12.2 Å². The third-order valence-electron chi connectivity index (χ3n) is 3.48. The van der Waals surface area contributed by atoms with Crippen molar-refractivity contribution in [2.75, 3.05) is 13.2 Å². The van der Waals surface area contributed by atoms with E-state index in [2.05, 4.69) is 10.3 Å². The Labute approximate surface area is 126 Å². The number of ether oxygens (including phenoxy) is 1. The zero-order chi connectivity index (χ0) is 15.3. The summed E-state index contributed by atoms with van der Waals surface area (Å²) in [7, 11) is 0. The van der Waals surface area contributed by atoms with Crippen LogP contribution < -0.4 is 10.1 Å². The van der Waals surface area contributed by atoms with E-state index < -0.39 is 11.7 Å². The topological polar surface area (TPSA) is 34.1 Å². The third-order valence-corrected chi connectivity index (χ3v) is 3.75. The molecule has 118 valence electrons. The summed E-state index contributed by atoms with van der Waals surface area (Å²) < 4.78 is 42.8. The van der Waals surface area contributed by atoms with Crippen LogP contribution in [-0.2, 0) is 6.18 Å². The number of pyridine rings is 1. The highest BCUT2D eigenvalue weighted by Gasteiger charge is 2.31. The van der Waals surface area contributed by atoms with Crippen molar-refractivity contribution < 1.29 is 17.9 Å². The Balaban J connectivity index is 1.78. The number of aromatic nitrogens is 1. The molecule has 1 fully saturated rings. The number of hydrogen-bond acceptors (Lipinski definition) is 3. The van der Waals surface area contributed by atoms with E-state index in [1.165, 1.54) is 19.3 Å². The van der Waals surface area contributed by atoms with Crippen LogP contribution >= 0.6 is 11.6 Å². The highest BCUT2D eigenvalue weighted by molar-refractivity contribution is 6.31. The predicted molar refractivity (Wildman–Crippen MR) is 74.6 cm³/mol. The molecule has 0 bridgehead atoms. The molecule has 0 radical (unpaired) electrons. The van der Waals surface area contributed by atoms with Crippen LogP contribution in [-0.4, -0.2) is 24.2 Å². The number of halogens is 4. The molecule has 21 heavy (non-hydrogen) atoms. The molecule has 1 atom stereocenters. The first-order chi connectivity index (χ1) is 9.97. The summed E-state index contributed by atoms with van der Waals surface area (Å²) in [6.45, 7) is 1.45. The van der Waals surface area contributed by atoms with Crippen molar-refractivity contribution in [3.63, 3.8) is 0 Å². The molecule has 0 aliphatic carbocycles. The molecule has 1 saturated heterocycles. The van der Waals surface area contributed by atoms with Crippen molar-refractivity contribution in [1.29, 1.82) is 0 Å². The summed E-state index contributed by atoms with van der Waals surface area (Å²) in [5, 5.41) is 3.32. The third kappa shape index (κ3) is 5.04. The Morgan fingerprint density at radius 1 is 1.38 bits per heavy atom. The second-order valence-electron chi connectivity index (χ2n) is 5.15. The van der Waals surface area contributed by atoms with Gasteiger partial charge in [0.25, 0.3) is 0 Å². The van der Waals surface area contributed by atoms with E-state index in [-0.39, 0.29) is 10.9 Å². The monoisotopic (exact) mass is 322 g/mol. The first kappa shape index (κ1) is 16.4. The number of hydrogen-bond donors (Lipinski definition) is 1. The Morgan fingerprint density at radius 3 is 2.81 bits per heavy atom. The number of rotatable bonds is 5. The standard InChI is InChI=1S/C14H18ClF3N2O/c15-12-8-10(14(16,17)18)9-20-13(12)21-7-3-5-11-4-1-2-6-19-11/h8-9,11,19H,1-7H2/t11-/m0/s1. The molecular formula is C14H18ClF3N2O. The van der Waals surface area contributed by atoms with E-state index in [4.69, 9.17) is 16.3 Å². The van der Waals surface area contributed by atoms with Gasteiger partial charge in [0.05, 0.1) is 12.2 Å². The average Bonchev–Trinajstić information content (AvgIpc) is 2.45. The van der Waals surface area contributed by atoms with Gasteiger partial charge in [-0.3, -0.25) is 0 Å². The van der Waals surface area contributed by atoms with Gasteiger partial charge in [-0.1, -0.05) is 18.0 Å². The number of nitrogens with zero attached hydrogens (tertiary/aromatic N) is 1. The molecule has 0 unspecified atom stereocenters. The lowest BCUT2D eigenvalue weighted by molar-refractivity contribution is -0.137. The lowest BCUT2D eigenvalue weighted by atomic mass is 10.0. The van der Waals surface area contributed by atoms with Crippen LogP contribution in [0.25, 0.3) is 0 Å². The molecule has 1 aliphatic rings. The van der Waals surface area contributed by atoms with Crippen molar-refractivity contribution in [2.45, 2.75) is 44.3 Å². The number of piperidine rings is 1. The summed E-state index contributed by atoms with van der Waals surface area (Å²) in [4.78, 5) is 3.64. The van der Waals surface area contributed by atoms with Crippen LogP contribution in [0.1, 0.15) is 37.7 Å². The second kappa shape index (κ2) is 7.31. The molecule has 2 heterocycles. The van der Waals surface area contributed by atoms with Gasteiger partial charge in [-0.15, -0.1) is 0 Å². The summed E-state index contributed by atoms with van der Waals surface area (Å²) >= 11 is 5.76. The van der Waals surface area contributed by atoms with Crippen LogP contribution in [0.15, 0.2) is 12.3 Å². The van der Waals surface area contributed by atoms with E-state index in [1.807, 2.05) is 0 Å². The van der Waals surface area contributed by atoms with Crippen molar-refractivity contribution in [1.82, 2.24) is 10.3 Å². The molecule has 1 N–H and O–H groups in total. The SMILES string of the molecule is FC(F)(F)c1cnc(OCCC[C@@H]2CCCCN2)c(Cl)c1. The molecule has 2 rings (SSSR count). The molecule has 3 nitrogen and oxygen atoms in total. The fourth-order valence-corrected chi connectivity index (χ4v) is 2.58. The molecule has 0 amide bonds. The van der Waals surface area contributed by atoms with Crippen molar-refractivity contribution in [3.8, 4) is 5.88 Å². The van der Waals surface area contributed by atoms with E-state index in [0.717, 1.165) is 31.6 Å². The molecule has 7 heteroatoms. The summed E-state index contributed by atoms with van der Waals surface area (Å²) in [5.74, 6) is 0.0567. The van der Waals surface area contributed by atoms with Crippen LogP contribution in [0.5, 0.6) is 5.88 Å². The maximum atomic E-state index is 12.5. The van der Waals surface area contributed by atoms with Gasteiger partial charge in [0.2, 0.25) is 5.88 Å². The maximum Gasteiger partial charge on any atom is 0.417 e. The minimum Gasteiger partial charge on any atom is -0.477 e. The fraction of sp³-hybridized carbons (Fsp3) is 0.643. The highest BCUT2D eigenvalue weighted by Crippen LogP contribution is 2.33. The van der Waals surface area contributed by atoms with Gasteiger partial charge in [-0.05, 0) is 38.3 Å². The summed E-state index contributed by atoms with van der Waals surface area (Å²) in [6, 6.07) is 1.35. The van der Waals surface area contributed by atoms with Crippen LogP contribution in [0.4, 0.5) is 13.2 Å². The van der Waals surface area contributed by atoms with E-state index in [1.54, 1.807) is 0 Å². The molecule has 0 saturated carbocycles. The van der Waals surface area contributed by atoms with E-state index >= 15 is 0 Å². The lowest BCUT2D eigenvalue weighted by Gasteiger charge is -2.23. The van der Waals surface area contributed by atoms with Crippen LogP contribution in [0.2, 0.25) is 5.02 Å². The molecule has 1 aromatic rings. The molecule has 0 aromatic carbocycles. The van der Waals surface area contributed by atoms with Crippen molar-refractivity contribution >= 4 is 11.6 Å². The van der Waals surface area contributed by atoms with Crippen LogP contribution in [0, 0.1) is 0 Å². The molecule has 1 aliphatic heterocycles. The maximum absolute atomic E-state index is 12.5. The molecule has 0 spiro atoms. The largest absolute Gasteiger partial charge is 0.477 e. The molecule has 1 aromatic heterocycles. The zero-order valence-corrected chi connectivity index (χ0v) is 12.3. The van der Waals surface area contributed by atoms with Gasteiger partial charge < -0.3 is 10.1 Å². The highest BCUT2D eigenvalue weighted by atomic mass is 35.5. The van der Waals surface area contributed by atoms with Gasteiger partial charge in [-0.25, -0.2) is 4.98 Å². The quantitative estimate of drug-likeness (QED) is 0.830. The summed E-state index contributed by atoms with van der Waals surface area (Å²) in [6.07, 6.45) is 1.73. The van der Waals surface area contributed by atoms with Gasteiger partial charge in [0.1, 0.15) is 5.02 Å². The van der Waals surface area contributed by atoms with Crippen molar-refractivity contribution in [2.24, 2.45) is 0 Å². The molecular weight excluding hydrogens is 305 g/mol. The lowest BCUT2D eigenvalue weighted by Crippen LogP contribution is -2.34. The van der Waals surface area contributed by atoms with E-state index in [9.17, 15) is 13.2 Å². The van der Waals surface area contributed by atoms with E-state index in [0.29, 0.717) is 12.6 Å². The smallest absolute Gasteiger partial charge is 0.417 e. The Morgan fingerprint density at radius 2 is 2.19 bits per heavy atom. The van der Waals surface area contributed by atoms with Gasteiger partial charge >= 0.3 is 6.18 Å². The van der Waals surface area contributed by atoms with Crippen molar-refractivity contribution in [3.05, 3.63) is 22.8 Å². The first-order valence-electron chi connectivity index (χ1n) is 7.06. The average molecular weight is 323 g/mol. The first-order valence-corrected chi connectivity index (χ1v) is 7.43. The Hall–Kier alpha value is -1.01. The van der Waals surface area contributed by atoms with Crippen LogP contribution in [0.3, 0.4) is 0 Å². The number of alkyl halides is 3. The minimum atomic E-state index is -4.44.